The lowest BCUT2D eigenvalue weighted by molar-refractivity contribution is 0.0702. The lowest BCUT2D eigenvalue weighted by Crippen LogP contribution is -2.34. The molecule has 5 nitrogen and oxygen atoms in total. The Kier molecular flexibility index (Phi) is 5.73. The van der Waals surface area contributed by atoms with Gasteiger partial charge in [-0.25, -0.2) is 13.2 Å². The van der Waals surface area contributed by atoms with Gasteiger partial charge in [-0.05, 0) is 18.9 Å². The van der Waals surface area contributed by atoms with E-state index in [0.29, 0.717) is 18.0 Å². The lowest BCUT2D eigenvalue weighted by Gasteiger charge is -2.23. The molecular formula is C13H21NO4S2. The molecule has 0 aliphatic rings. The first-order valence-corrected chi connectivity index (χ1v) is 8.83. The predicted molar refractivity (Wildman–Crippen MR) is 79.9 cm³/mol. The van der Waals surface area contributed by atoms with E-state index in [0.717, 1.165) is 17.8 Å². The summed E-state index contributed by atoms with van der Waals surface area (Å²) in [5.41, 5.74) is 0. The van der Waals surface area contributed by atoms with Gasteiger partial charge in [0, 0.05) is 18.0 Å². The number of carboxylic acid groups (broad SMARTS) is 1. The number of thiophene rings is 1. The molecule has 0 saturated carbocycles. The minimum atomic E-state index is -3.62. The highest BCUT2D eigenvalue weighted by atomic mass is 32.2. The molecule has 1 N–H and O–H groups in total. The maximum Gasteiger partial charge on any atom is 0.345 e. The summed E-state index contributed by atoms with van der Waals surface area (Å²) in [6.07, 6.45) is 0.898. The van der Waals surface area contributed by atoms with E-state index in [9.17, 15) is 13.2 Å². The van der Waals surface area contributed by atoms with Gasteiger partial charge in [-0.1, -0.05) is 27.2 Å². The van der Waals surface area contributed by atoms with Crippen LogP contribution in [0.3, 0.4) is 0 Å². The maximum absolute atomic E-state index is 12.6. The number of aryl methyl sites for hydroxylation is 1. The summed E-state index contributed by atoms with van der Waals surface area (Å²) in [4.78, 5) is 11.6. The standard InChI is InChI=1S/C13H21NO4S2/c1-5-9(3)8-14(6-2)20(17,18)12-7-11(13(15)16)19-10(12)4/h7,9H,5-6,8H2,1-4H3,(H,15,16). The molecule has 1 aromatic heterocycles. The molecule has 0 aliphatic carbocycles. The molecule has 114 valence electrons. The third kappa shape index (κ3) is 3.59. The van der Waals surface area contributed by atoms with E-state index >= 15 is 0 Å². The molecule has 0 aliphatic heterocycles. The average molecular weight is 319 g/mol. The van der Waals surface area contributed by atoms with Gasteiger partial charge in [-0.3, -0.25) is 0 Å². The van der Waals surface area contributed by atoms with Crippen molar-refractivity contribution in [2.75, 3.05) is 13.1 Å². The Labute approximate surface area is 124 Å². The molecule has 1 unspecified atom stereocenters. The van der Waals surface area contributed by atoms with Crippen LogP contribution >= 0.6 is 11.3 Å². The zero-order chi connectivity index (χ0) is 15.5. The first-order chi connectivity index (χ1) is 9.23. The fourth-order valence-corrected chi connectivity index (χ4v) is 4.81. The number of aromatic carboxylic acids is 1. The van der Waals surface area contributed by atoms with Crippen LogP contribution in [0.2, 0.25) is 0 Å². The molecule has 1 aromatic rings. The molecule has 0 saturated heterocycles. The van der Waals surface area contributed by atoms with Crippen LogP contribution in [-0.2, 0) is 10.0 Å². The van der Waals surface area contributed by atoms with E-state index in [-0.39, 0.29) is 15.7 Å². The molecular weight excluding hydrogens is 298 g/mol. The van der Waals surface area contributed by atoms with E-state index in [2.05, 4.69) is 0 Å². The number of carboxylic acids is 1. The number of hydrogen-bond acceptors (Lipinski definition) is 4. The molecule has 1 heterocycles. The van der Waals surface area contributed by atoms with Gasteiger partial charge in [0.05, 0.1) is 4.90 Å². The van der Waals surface area contributed by atoms with Gasteiger partial charge >= 0.3 is 5.97 Å². The van der Waals surface area contributed by atoms with Crippen molar-refractivity contribution in [1.29, 1.82) is 0 Å². The third-order valence-corrected chi connectivity index (χ3v) is 6.50. The first-order valence-electron chi connectivity index (χ1n) is 6.57. The van der Waals surface area contributed by atoms with Gasteiger partial charge < -0.3 is 5.11 Å². The Hall–Kier alpha value is -0.920. The van der Waals surface area contributed by atoms with Crippen LogP contribution in [0, 0.1) is 12.8 Å². The van der Waals surface area contributed by atoms with Crippen molar-refractivity contribution in [2.45, 2.75) is 39.0 Å². The van der Waals surface area contributed by atoms with Crippen molar-refractivity contribution in [3.8, 4) is 0 Å². The quantitative estimate of drug-likeness (QED) is 0.838. The SMILES string of the molecule is CCC(C)CN(CC)S(=O)(=O)c1cc(C(=O)O)sc1C. The van der Waals surface area contributed by atoms with Gasteiger partial charge in [-0.2, -0.15) is 4.31 Å². The van der Waals surface area contributed by atoms with Crippen LogP contribution in [0.15, 0.2) is 11.0 Å². The van der Waals surface area contributed by atoms with Gasteiger partial charge in [0.25, 0.3) is 0 Å². The van der Waals surface area contributed by atoms with Crippen LogP contribution in [0.1, 0.15) is 41.7 Å². The molecule has 0 amide bonds. The van der Waals surface area contributed by atoms with E-state index in [1.165, 1.54) is 10.4 Å². The monoisotopic (exact) mass is 319 g/mol. The number of sulfonamides is 1. The topological polar surface area (TPSA) is 74.7 Å². The van der Waals surface area contributed by atoms with Crippen LogP contribution in [0.4, 0.5) is 0 Å². The first kappa shape index (κ1) is 17.1. The third-order valence-electron chi connectivity index (χ3n) is 3.27. The highest BCUT2D eigenvalue weighted by Gasteiger charge is 2.28. The second-order valence-electron chi connectivity index (χ2n) is 4.81. The molecule has 0 radical (unpaired) electrons. The summed E-state index contributed by atoms with van der Waals surface area (Å²) >= 11 is 0.996. The fourth-order valence-electron chi connectivity index (χ4n) is 1.84. The smallest absolute Gasteiger partial charge is 0.345 e. The minimum Gasteiger partial charge on any atom is -0.477 e. The van der Waals surface area contributed by atoms with E-state index in [1.807, 2.05) is 13.8 Å². The van der Waals surface area contributed by atoms with Gasteiger partial charge in [0.2, 0.25) is 10.0 Å². The second-order valence-corrected chi connectivity index (χ2v) is 7.97. The van der Waals surface area contributed by atoms with Crippen LogP contribution in [0.25, 0.3) is 0 Å². The van der Waals surface area contributed by atoms with Crippen molar-refractivity contribution in [1.82, 2.24) is 4.31 Å². The van der Waals surface area contributed by atoms with Crippen LogP contribution < -0.4 is 0 Å². The van der Waals surface area contributed by atoms with Crippen molar-refractivity contribution >= 4 is 27.3 Å². The highest BCUT2D eigenvalue weighted by Crippen LogP contribution is 2.28. The van der Waals surface area contributed by atoms with Crippen molar-refractivity contribution in [3.05, 3.63) is 15.8 Å². The van der Waals surface area contributed by atoms with Crippen molar-refractivity contribution in [2.24, 2.45) is 5.92 Å². The summed E-state index contributed by atoms with van der Waals surface area (Å²) in [6.45, 7) is 8.28. The molecule has 0 aromatic carbocycles. The second kappa shape index (κ2) is 6.69. The Balaban J connectivity index is 3.17. The highest BCUT2D eigenvalue weighted by molar-refractivity contribution is 7.89. The zero-order valence-electron chi connectivity index (χ0n) is 12.2. The summed E-state index contributed by atoms with van der Waals surface area (Å²) in [7, 11) is -3.62. The van der Waals surface area contributed by atoms with Crippen LogP contribution in [-0.4, -0.2) is 36.9 Å². The Bertz CT molecular complexity index is 577. The Morgan fingerprint density at radius 1 is 1.45 bits per heavy atom. The summed E-state index contributed by atoms with van der Waals surface area (Å²) in [6, 6.07) is 1.26. The van der Waals surface area contributed by atoms with Gasteiger partial charge in [-0.15, -0.1) is 11.3 Å². The van der Waals surface area contributed by atoms with Crippen LogP contribution in [0.5, 0.6) is 0 Å². The predicted octanol–water partition coefficient (Wildman–Crippen LogP) is 2.81. The molecule has 0 fully saturated rings. The number of nitrogens with zero attached hydrogens (tertiary/aromatic N) is 1. The Morgan fingerprint density at radius 3 is 2.45 bits per heavy atom. The molecule has 1 atom stereocenters. The van der Waals surface area contributed by atoms with E-state index in [1.54, 1.807) is 13.8 Å². The number of hydrogen-bond donors (Lipinski definition) is 1. The summed E-state index contributed by atoms with van der Waals surface area (Å²) in [5, 5.41) is 8.97. The van der Waals surface area contributed by atoms with Crippen molar-refractivity contribution in [3.63, 3.8) is 0 Å². The largest absolute Gasteiger partial charge is 0.477 e. The number of carbonyl (C=O) groups is 1. The average Bonchev–Trinajstić information content (AvgIpc) is 2.78. The molecule has 0 bridgehead atoms. The van der Waals surface area contributed by atoms with Gasteiger partial charge in [0.15, 0.2) is 0 Å². The summed E-state index contributed by atoms with van der Waals surface area (Å²) < 4.78 is 26.6. The maximum atomic E-state index is 12.6. The van der Waals surface area contributed by atoms with Gasteiger partial charge in [0.1, 0.15) is 4.88 Å². The lowest BCUT2D eigenvalue weighted by atomic mass is 10.1. The normalized spacial score (nSPS) is 13.7. The molecule has 0 spiro atoms. The Morgan fingerprint density at radius 2 is 2.05 bits per heavy atom. The zero-order valence-corrected chi connectivity index (χ0v) is 13.8. The molecule has 7 heteroatoms. The van der Waals surface area contributed by atoms with Crippen molar-refractivity contribution < 1.29 is 18.3 Å². The molecule has 1 rings (SSSR count). The summed E-state index contributed by atoms with van der Waals surface area (Å²) in [5.74, 6) is -0.827. The number of rotatable bonds is 7. The molecule has 20 heavy (non-hydrogen) atoms. The fraction of sp³-hybridized carbons (Fsp3) is 0.615. The van der Waals surface area contributed by atoms with E-state index in [4.69, 9.17) is 5.11 Å². The minimum absolute atomic E-state index is 0.0562. The van der Waals surface area contributed by atoms with E-state index < -0.39 is 16.0 Å².